The number of rotatable bonds is 4. The van der Waals surface area contributed by atoms with Crippen molar-refractivity contribution in [1.29, 1.82) is 0 Å². The zero-order chi connectivity index (χ0) is 32.6. The van der Waals surface area contributed by atoms with Crippen molar-refractivity contribution in [3.8, 4) is 5.75 Å². The van der Waals surface area contributed by atoms with E-state index in [-0.39, 0.29) is 23.8 Å². The number of halogens is 1. The van der Waals surface area contributed by atoms with Crippen molar-refractivity contribution in [3.63, 3.8) is 0 Å². The van der Waals surface area contributed by atoms with E-state index in [2.05, 4.69) is 5.32 Å². The zero-order valence-corrected chi connectivity index (χ0v) is 27.3. The number of ether oxygens (including phenoxy) is 5. The van der Waals surface area contributed by atoms with Crippen LogP contribution in [0.25, 0.3) is 0 Å². The first-order chi connectivity index (χ1) is 20.6. The number of epoxide rings is 1. The molecule has 3 aliphatic heterocycles. The summed E-state index contributed by atoms with van der Waals surface area (Å²) >= 11 is 6.68. The average Bonchev–Trinajstić information content (AvgIpc) is 3.66. The van der Waals surface area contributed by atoms with E-state index in [1.807, 2.05) is 32.1 Å². The summed E-state index contributed by atoms with van der Waals surface area (Å²) in [4.78, 5) is 40.7. The van der Waals surface area contributed by atoms with Gasteiger partial charge in [-0.25, -0.2) is 4.79 Å². The SMILES string of the molecule is COc1cc2cc(c1Cl)N(C)C(=O)C[C@H](OC(=O)C(C)C)[C@]1(C)O[C@H]1[C@H](C)[C@@H]1C[C@@](O)(NC(=O)O1)[C@H](OC)/C=C/C=C(\C)C2. The number of benzene rings is 1. The second kappa shape index (κ2) is 13.1. The predicted octanol–water partition coefficient (Wildman–Crippen LogP) is 4.32. The normalized spacial score (nSPS) is 34.7. The van der Waals surface area contributed by atoms with E-state index >= 15 is 0 Å². The summed E-state index contributed by atoms with van der Waals surface area (Å²) in [6.45, 7) is 8.95. The van der Waals surface area contributed by atoms with Gasteiger partial charge in [0.1, 0.15) is 34.7 Å². The minimum Gasteiger partial charge on any atom is -0.495 e. The summed E-state index contributed by atoms with van der Waals surface area (Å²) in [5.41, 5.74) is -0.587. The standard InChI is InChI=1S/C32H43ClN2O9/c1-17(2)29(37)43-25-15-26(36)35(6)21-13-20(14-22(40-7)27(21)33)12-18(3)10-9-11-24(41-8)32(39)16-23(42-30(38)34-32)19(4)28-31(25,5)44-28/h9-11,13-14,17,19,23-25,28,39H,12,15-16H2,1-8H3,(H,34,38)/b11-9+,18-10+/t19-,23+,24-,25+,28+,31+,32+/m1/s1. The molecule has 44 heavy (non-hydrogen) atoms. The number of carbonyl (C=O) groups is 3. The summed E-state index contributed by atoms with van der Waals surface area (Å²) in [7, 11) is 4.56. The number of methoxy groups -OCH3 is 2. The molecule has 3 heterocycles. The fourth-order valence-electron chi connectivity index (χ4n) is 5.88. The fraction of sp³-hybridized carbons (Fsp3) is 0.594. The number of aliphatic hydroxyl groups is 1. The van der Waals surface area contributed by atoms with Crippen LogP contribution in [0.15, 0.2) is 35.9 Å². The first kappa shape index (κ1) is 33.8. The first-order valence-corrected chi connectivity index (χ1v) is 15.1. The number of anilines is 1. The number of fused-ring (bicyclic) bond motifs is 5. The topological polar surface area (TPSA) is 136 Å². The molecule has 2 saturated heterocycles. The van der Waals surface area contributed by atoms with Gasteiger partial charge in [0.05, 0.1) is 31.2 Å². The highest BCUT2D eigenvalue weighted by Gasteiger charge is 2.64. The Kier molecular flexibility index (Phi) is 10.0. The minimum absolute atomic E-state index is 0.00361. The van der Waals surface area contributed by atoms with Crippen LogP contribution >= 0.6 is 11.6 Å². The molecule has 7 atom stereocenters. The molecular weight excluding hydrogens is 592 g/mol. The number of esters is 1. The van der Waals surface area contributed by atoms with Gasteiger partial charge in [0, 0.05) is 26.5 Å². The highest BCUT2D eigenvalue weighted by Crippen LogP contribution is 2.49. The molecule has 242 valence electrons. The maximum Gasteiger partial charge on any atom is 0.409 e. The molecule has 2 N–H and O–H groups in total. The average molecular weight is 635 g/mol. The van der Waals surface area contributed by atoms with Crippen molar-refractivity contribution in [2.45, 2.75) is 89.6 Å². The number of carbonyl (C=O) groups excluding carboxylic acids is 3. The van der Waals surface area contributed by atoms with Crippen molar-refractivity contribution in [1.82, 2.24) is 5.32 Å². The van der Waals surface area contributed by atoms with Gasteiger partial charge in [0.15, 0.2) is 5.72 Å². The van der Waals surface area contributed by atoms with E-state index in [9.17, 15) is 19.5 Å². The highest BCUT2D eigenvalue weighted by atomic mass is 35.5. The lowest BCUT2D eigenvalue weighted by Gasteiger charge is -2.42. The van der Waals surface area contributed by atoms with Crippen LogP contribution in [0.5, 0.6) is 5.75 Å². The summed E-state index contributed by atoms with van der Waals surface area (Å²) in [6, 6.07) is 3.63. The van der Waals surface area contributed by atoms with Gasteiger partial charge >= 0.3 is 12.1 Å². The zero-order valence-electron chi connectivity index (χ0n) is 26.5. The Morgan fingerprint density at radius 2 is 1.95 bits per heavy atom. The number of alkyl carbamates (subject to hydrolysis) is 1. The van der Waals surface area contributed by atoms with Crippen molar-refractivity contribution in [2.24, 2.45) is 11.8 Å². The van der Waals surface area contributed by atoms with Gasteiger partial charge in [-0.05, 0) is 38.0 Å². The largest absolute Gasteiger partial charge is 0.495 e. The van der Waals surface area contributed by atoms with E-state index in [4.69, 9.17) is 35.3 Å². The Balaban J connectivity index is 1.80. The van der Waals surface area contributed by atoms with Crippen LogP contribution in [0, 0.1) is 11.8 Å². The molecule has 3 aliphatic rings. The van der Waals surface area contributed by atoms with Gasteiger partial charge < -0.3 is 33.7 Å². The van der Waals surface area contributed by atoms with Gasteiger partial charge in [0.2, 0.25) is 5.91 Å². The van der Waals surface area contributed by atoms with E-state index in [1.165, 1.54) is 19.1 Å². The monoisotopic (exact) mass is 634 g/mol. The van der Waals surface area contributed by atoms with Crippen molar-refractivity contribution >= 4 is 35.3 Å². The minimum atomic E-state index is -1.77. The van der Waals surface area contributed by atoms with E-state index < -0.39 is 59.6 Å². The number of hydrogen-bond acceptors (Lipinski definition) is 9. The lowest BCUT2D eigenvalue weighted by molar-refractivity contribution is -0.157. The Morgan fingerprint density at radius 3 is 2.59 bits per heavy atom. The molecule has 11 nitrogen and oxygen atoms in total. The van der Waals surface area contributed by atoms with Crippen LogP contribution in [0.1, 0.15) is 53.0 Å². The molecule has 0 aromatic heterocycles. The second-order valence-electron chi connectivity index (χ2n) is 12.4. The third kappa shape index (κ3) is 6.91. The predicted molar refractivity (Wildman–Crippen MR) is 164 cm³/mol. The summed E-state index contributed by atoms with van der Waals surface area (Å²) in [5.74, 6) is -1.30. The van der Waals surface area contributed by atoms with E-state index in [0.717, 1.165) is 11.1 Å². The Bertz CT molecular complexity index is 1350. The number of allylic oxidation sites excluding steroid dienone is 3. The number of amides is 2. The second-order valence-corrected chi connectivity index (χ2v) is 12.8. The van der Waals surface area contributed by atoms with Crippen molar-refractivity contribution < 1.29 is 43.2 Å². The first-order valence-electron chi connectivity index (χ1n) is 14.7. The van der Waals surface area contributed by atoms with Gasteiger partial charge in [-0.2, -0.15) is 0 Å². The Hall–Kier alpha value is -3.12. The van der Waals surface area contributed by atoms with Crippen LogP contribution in [-0.2, 0) is 35.0 Å². The molecule has 2 fully saturated rings. The lowest BCUT2D eigenvalue weighted by atomic mass is 9.83. The molecule has 0 radical (unpaired) electrons. The summed E-state index contributed by atoms with van der Waals surface area (Å²) in [6.07, 6.45) is 1.65. The van der Waals surface area contributed by atoms with Gasteiger partial charge in [-0.1, -0.05) is 56.2 Å². The number of hydrogen-bond donors (Lipinski definition) is 2. The molecule has 2 amide bonds. The van der Waals surface area contributed by atoms with Crippen molar-refractivity contribution in [3.05, 3.63) is 46.5 Å². The van der Waals surface area contributed by atoms with Gasteiger partial charge in [0.25, 0.3) is 0 Å². The van der Waals surface area contributed by atoms with Gasteiger partial charge in [-0.15, -0.1) is 0 Å². The van der Waals surface area contributed by atoms with E-state index in [0.29, 0.717) is 17.9 Å². The highest BCUT2D eigenvalue weighted by molar-refractivity contribution is 6.35. The molecule has 12 heteroatoms. The number of nitrogens with zero attached hydrogens (tertiary/aromatic N) is 1. The maximum absolute atomic E-state index is 13.8. The van der Waals surface area contributed by atoms with Crippen LogP contribution in [0.2, 0.25) is 5.02 Å². The maximum atomic E-state index is 13.8. The van der Waals surface area contributed by atoms with Crippen LogP contribution in [0.4, 0.5) is 10.5 Å². The smallest absolute Gasteiger partial charge is 0.409 e. The lowest BCUT2D eigenvalue weighted by Crippen LogP contribution is -2.63. The fourth-order valence-corrected chi connectivity index (χ4v) is 6.19. The molecular formula is C32H43ClN2O9. The summed E-state index contributed by atoms with van der Waals surface area (Å²) in [5, 5.41) is 14.4. The Morgan fingerprint density at radius 1 is 1.25 bits per heavy atom. The third-order valence-corrected chi connectivity index (χ3v) is 9.06. The molecule has 0 spiro atoms. The van der Waals surface area contributed by atoms with Crippen LogP contribution < -0.4 is 15.0 Å². The molecule has 1 aromatic carbocycles. The quantitative estimate of drug-likeness (QED) is 0.366. The van der Waals surface area contributed by atoms with Crippen LogP contribution in [-0.4, -0.2) is 80.1 Å². The van der Waals surface area contributed by atoms with E-state index in [1.54, 1.807) is 40.0 Å². The molecule has 1 aromatic rings. The molecule has 0 saturated carbocycles. The molecule has 0 unspecified atom stereocenters. The third-order valence-electron chi connectivity index (χ3n) is 8.68. The molecule has 0 aliphatic carbocycles. The summed E-state index contributed by atoms with van der Waals surface area (Å²) < 4.78 is 28.8. The van der Waals surface area contributed by atoms with Gasteiger partial charge in [-0.3, -0.25) is 14.9 Å². The number of nitrogens with one attached hydrogen (secondary N) is 1. The van der Waals surface area contributed by atoms with Crippen LogP contribution in [0.3, 0.4) is 0 Å². The molecule has 4 rings (SSSR count). The van der Waals surface area contributed by atoms with Crippen molar-refractivity contribution in [2.75, 3.05) is 26.2 Å². The Labute approximate surface area is 263 Å². The molecule has 4 bridgehead atoms.